The summed E-state index contributed by atoms with van der Waals surface area (Å²) in [4.78, 5) is 19.4. The number of pyridine rings is 1. The van der Waals surface area contributed by atoms with Gasteiger partial charge in [0, 0.05) is 28.8 Å². The van der Waals surface area contributed by atoms with Crippen LogP contribution < -0.4 is 4.74 Å². The van der Waals surface area contributed by atoms with Crippen molar-refractivity contribution < 1.29 is 9.53 Å². The van der Waals surface area contributed by atoms with Crippen LogP contribution in [0, 0.1) is 0 Å². The van der Waals surface area contributed by atoms with Gasteiger partial charge in [-0.2, -0.15) is 0 Å². The SMILES string of the molecule is O=C(c1ccc(Cl)c(Cl)c1)N1Cc2ccccc2CC1COc1ccc(Br)cn1. The quantitative estimate of drug-likeness (QED) is 0.463. The Morgan fingerprint density at radius 2 is 1.90 bits per heavy atom. The van der Waals surface area contributed by atoms with Crippen molar-refractivity contribution in [2.24, 2.45) is 0 Å². The molecular formula is C22H17BrCl2N2O2. The standard InChI is InChI=1S/C22H17BrCl2N2O2/c23-17-6-8-21(26-11-17)29-13-18-9-14-3-1-2-4-16(14)12-27(18)22(28)15-5-7-19(24)20(25)10-15/h1-8,10-11,18H,9,12-13H2. The van der Waals surface area contributed by atoms with Crippen LogP contribution in [0.4, 0.5) is 0 Å². The van der Waals surface area contributed by atoms with Crippen molar-refractivity contribution in [2.75, 3.05) is 6.61 Å². The maximum Gasteiger partial charge on any atom is 0.254 e. The highest BCUT2D eigenvalue weighted by Crippen LogP contribution is 2.28. The Kier molecular flexibility index (Phi) is 6.09. The molecule has 1 aliphatic rings. The summed E-state index contributed by atoms with van der Waals surface area (Å²) in [6, 6.07) is 16.7. The first-order chi connectivity index (χ1) is 14.0. The van der Waals surface area contributed by atoms with E-state index in [1.807, 2.05) is 23.1 Å². The van der Waals surface area contributed by atoms with Crippen molar-refractivity contribution in [1.29, 1.82) is 0 Å². The average Bonchev–Trinajstić information content (AvgIpc) is 2.74. The Hall–Kier alpha value is -2.08. The molecule has 4 rings (SSSR count). The first-order valence-electron chi connectivity index (χ1n) is 9.08. The fraction of sp³-hybridized carbons (Fsp3) is 0.182. The van der Waals surface area contributed by atoms with Gasteiger partial charge in [-0.3, -0.25) is 4.79 Å². The number of benzene rings is 2. The maximum absolute atomic E-state index is 13.3. The van der Waals surface area contributed by atoms with Gasteiger partial charge in [-0.15, -0.1) is 0 Å². The van der Waals surface area contributed by atoms with Crippen LogP contribution in [0.2, 0.25) is 10.0 Å². The van der Waals surface area contributed by atoms with E-state index in [-0.39, 0.29) is 11.9 Å². The summed E-state index contributed by atoms with van der Waals surface area (Å²) in [5, 5.41) is 0.787. The van der Waals surface area contributed by atoms with Gasteiger partial charge >= 0.3 is 0 Å². The molecule has 3 aromatic rings. The molecule has 1 unspecified atom stereocenters. The van der Waals surface area contributed by atoms with Crippen LogP contribution >= 0.6 is 39.1 Å². The number of aromatic nitrogens is 1. The molecular weight excluding hydrogens is 475 g/mol. The highest BCUT2D eigenvalue weighted by atomic mass is 79.9. The summed E-state index contributed by atoms with van der Waals surface area (Å²) < 4.78 is 6.78. The lowest BCUT2D eigenvalue weighted by Crippen LogP contribution is -2.47. The number of hydrogen-bond acceptors (Lipinski definition) is 3. The van der Waals surface area contributed by atoms with Gasteiger partial charge in [0.2, 0.25) is 5.88 Å². The van der Waals surface area contributed by atoms with Crippen molar-refractivity contribution in [3.63, 3.8) is 0 Å². The normalized spacial score (nSPS) is 15.7. The molecule has 4 nitrogen and oxygen atoms in total. The summed E-state index contributed by atoms with van der Waals surface area (Å²) in [6.07, 6.45) is 2.39. The van der Waals surface area contributed by atoms with Gasteiger partial charge in [0.15, 0.2) is 0 Å². The molecule has 2 heterocycles. The van der Waals surface area contributed by atoms with Crippen LogP contribution in [-0.2, 0) is 13.0 Å². The third-order valence-corrected chi connectivity index (χ3v) is 6.11. The number of rotatable bonds is 4. The van der Waals surface area contributed by atoms with Gasteiger partial charge in [-0.05, 0) is 57.7 Å². The Bertz CT molecular complexity index is 1040. The molecule has 1 atom stereocenters. The Labute approximate surface area is 187 Å². The minimum absolute atomic E-state index is 0.101. The summed E-state index contributed by atoms with van der Waals surface area (Å²) in [6.45, 7) is 0.854. The van der Waals surface area contributed by atoms with Gasteiger partial charge < -0.3 is 9.64 Å². The number of carbonyl (C=O) groups is 1. The van der Waals surface area contributed by atoms with Crippen LogP contribution in [0.3, 0.4) is 0 Å². The molecule has 2 aromatic carbocycles. The predicted molar refractivity (Wildman–Crippen MR) is 118 cm³/mol. The van der Waals surface area contributed by atoms with Crippen molar-refractivity contribution in [1.82, 2.24) is 9.88 Å². The Morgan fingerprint density at radius 1 is 1.10 bits per heavy atom. The van der Waals surface area contributed by atoms with Crippen LogP contribution in [0.5, 0.6) is 5.88 Å². The van der Waals surface area contributed by atoms with E-state index >= 15 is 0 Å². The molecule has 7 heteroatoms. The topological polar surface area (TPSA) is 42.4 Å². The molecule has 0 radical (unpaired) electrons. The number of fused-ring (bicyclic) bond motifs is 1. The molecule has 1 aromatic heterocycles. The molecule has 1 amide bonds. The van der Waals surface area contributed by atoms with Gasteiger partial charge in [0.05, 0.1) is 16.1 Å². The lowest BCUT2D eigenvalue weighted by Gasteiger charge is -2.36. The number of carbonyl (C=O) groups excluding carboxylic acids is 1. The lowest BCUT2D eigenvalue weighted by molar-refractivity contribution is 0.0562. The number of amides is 1. The number of ether oxygens (including phenoxy) is 1. The van der Waals surface area contributed by atoms with Crippen LogP contribution in [0.15, 0.2) is 65.3 Å². The summed E-state index contributed by atoms with van der Waals surface area (Å²) in [5.74, 6) is 0.421. The third kappa shape index (κ3) is 4.58. The second kappa shape index (κ2) is 8.74. The Balaban J connectivity index is 1.59. The summed E-state index contributed by atoms with van der Waals surface area (Å²) in [7, 11) is 0. The molecule has 148 valence electrons. The second-order valence-corrected chi connectivity index (χ2v) is 8.54. The Morgan fingerprint density at radius 3 is 2.62 bits per heavy atom. The molecule has 0 bridgehead atoms. The van der Waals surface area contributed by atoms with Gasteiger partial charge in [-0.25, -0.2) is 4.98 Å². The number of halogens is 3. The third-order valence-electron chi connectivity index (χ3n) is 4.91. The largest absolute Gasteiger partial charge is 0.475 e. The highest BCUT2D eigenvalue weighted by molar-refractivity contribution is 9.10. The van der Waals surface area contributed by atoms with E-state index in [9.17, 15) is 4.79 Å². The van der Waals surface area contributed by atoms with Crippen LogP contribution in [0.1, 0.15) is 21.5 Å². The zero-order valence-corrected chi connectivity index (χ0v) is 18.4. The smallest absolute Gasteiger partial charge is 0.254 e. The van der Waals surface area contributed by atoms with E-state index in [2.05, 4.69) is 33.0 Å². The molecule has 1 aliphatic heterocycles. The van der Waals surface area contributed by atoms with Crippen molar-refractivity contribution in [3.8, 4) is 5.88 Å². The monoisotopic (exact) mass is 490 g/mol. The fourth-order valence-electron chi connectivity index (χ4n) is 3.40. The maximum atomic E-state index is 13.3. The van der Waals surface area contributed by atoms with Crippen molar-refractivity contribution in [3.05, 3.63) is 92.0 Å². The van der Waals surface area contributed by atoms with Gasteiger partial charge in [-0.1, -0.05) is 47.5 Å². The molecule has 0 aliphatic carbocycles. The summed E-state index contributed by atoms with van der Waals surface area (Å²) >= 11 is 15.5. The van der Waals surface area contributed by atoms with Crippen LogP contribution in [0.25, 0.3) is 0 Å². The second-order valence-electron chi connectivity index (χ2n) is 6.81. The highest BCUT2D eigenvalue weighted by Gasteiger charge is 2.31. The van der Waals surface area contributed by atoms with Crippen molar-refractivity contribution >= 4 is 45.0 Å². The molecule has 0 saturated carbocycles. The number of hydrogen-bond donors (Lipinski definition) is 0. The molecule has 0 fully saturated rings. The summed E-state index contributed by atoms with van der Waals surface area (Å²) in [5.41, 5.74) is 2.87. The van der Waals surface area contributed by atoms with E-state index in [1.54, 1.807) is 30.5 Å². The van der Waals surface area contributed by atoms with Crippen molar-refractivity contribution in [2.45, 2.75) is 19.0 Å². The fourth-order valence-corrected chi connectivity index (χ4v) is 3.93. The van der Waals surface area contributed by atoms with Gasteiger partial charge in [0.1, 0.15) is 6.61 Å². The first-order valence-corrected chi connectivity index (χ1v) is 10.6. The lowest BCUT2D eigenvalue weighted by atomic mass is 9.93. The zero-order valence-electron chi connectivity index (χ0n) is 15.3. The average molecular weight is 492 g/mol. The minimum Gasteiger partial charge on any atom is -0.475 e. The molecule has 0 spiro atoms. The van der Waals surface area contributed by atoms with E-state index in [4.69, 9.17) is 27.9 Å². The molecule has 29 heavy (non-hydrogen) atoms. The van der Waals surface area contributed by atoms with Gasteiger partial charge in [0.25, 0.3) is 5.91 Å². The van der Waals surface area contributed by atoms with E-state index in [0.717, 1.165) is 10.0 Å². The predicted octanol–water partition coefficient (Wildman–Crippen LogP) is 5.80. The molecule has 0 saturated heterocycles. The first kappa shape index (κ1) is 20.2. The zero-order chi connectivity index (χ0) is 20.4. The van der Waals surface area contributed by atoms with E-state index < -0.39 is 0 Å². The molecule has 0 N–H and O–H groups in total. The van der Waals surface area contributed by atoms with E-state index in [1.165, 1.54) is 5.56 Å². The van der Waals surface area contributed by atoms with Crippen LogP contribution in [-0.4, -0.2) is 28.4 Å². The van der Waals surface area contributed by atoms with E-state index in [0.29, 0.717) is 41.1 Å². The number of nitrogens with zero attached hydrogens (tertiary/aromatic N) is 2. The minimum atomic E-state index is -0.127.